The van der Waals surface area contributed by atoms with Gasteiger partial charge in [0.1, 0.15) is 0 Å². The van der Waals surface area contributed by atoms with Gasteiger partial charge in [0.15, 0.2) is 0 Å². The third-order valence-electron chi connectivity index (χ3n) is 0.219. The second kappa shape index (κ2) is 4.14. The lowest BCUT2D eigenvalue weighted by Crippen LogP contribution is -1.70. The Labute approximate surface area is 36.1 Å². The molecule has 0 saturated heterocycles. The molecule has 0 atom stereocenters. The predicted molar refractivity (Wildman–Crippen MR) is 24.0 cm³/mol. The molecule has 0 aliphatic heterocycles. The van der Waals surface area contributed by atoms with Crippen molar-refractivity contribution in [2.24, 2.45) is 5.16 Å². The molecule has 1 N–H and O–H groups in total. The van der Waals surface area contributed by atoms with Crippen LogP contribution >= 0.6 is 0 Å². The van der Waals surface area contributed by atoms with E-state index in [1.165, 1.54) is 6.21 Å². The molecule has 0 fully saturated rings. The second-order valence-electron chi connectivity index (χ2n) is 0.587. The van der Waals surface area contributed by atoms with Crippen LogP contribution in [0.3, 0.4) is 0 Å². The highest BCUT2D eigenvalue weighted by Gasteiger charge is 1.55. The van der Waals surface area contributed by atoms with Crippen molar-refractivity contribution >= 4 is 12.6 Å². The first-order chi connectivity index (χ1) is 2.91. The summed E-state index contributed by atoms with van der Waals surface area (Å²) in [5, 5.41) is 9.47. The van der Waals surface area contributed by atoms with E-state index in [1.807, 2.05) is 0 Å². The van der Waals surface area contributed by atoms with Crippen LogP contribution in [0.15, 0.2) is 5.16 Å². The molecule has 0 saturated carbocycles. The van der Waals surface area contributed by atoms with E-state index in [9.17, 15) is 0 Å². The van der Waals surface area contributed by atoms with E-state index in [1.54, 1.807) is 6.92 Å². The molecule has 6 heavy (non-hydrogen) atoms. The van der Waals surface area contributed by atoms with E-state index in [0.29, 0.717) is 0 Å². The van der Waals surface area contributed by atoms with Crippen LogP contribution in [0, 0.1) is 5.41 Å². The van der Waals surface area contributed by atoms with E-state index in [4.69, 9.17) is 5.41 Å². The summed E-state index contributed by atoms with van der Waals surface area (Å²) in [5.41, 5.74) is 0. The average Bonchev–Trinajstić information content (AvgIpc) is 1.61. The van der Waals surface area contributed by atoms with Gasteiger partial charge in [0.05, 0.1) is 0 Å². The SMILES string of the molecule is C/C=N\OC=N. The van der Waals surface area contributed by atoms with Gasteiger partial charge in [0.2, 0.25) is 6.40 Å². The van der Waals surface area contributed by atoms with Crippen molar-refractivity contribution in [3.63, 3.8) is 0 Å². The first-order valence-electron chi connectivity index (χ1n) is 1.54. The summed E-state index contributed by atoms with van der Waals surface area (Å²) < 4.78 is 0. The summed E-state index contributed by atoms with van der Waals surface area (Å²) in [6, 6.07) is 0. The molecule has 3 heteroatoms. The Hall–Kier alpha value is -0.860. The molecule has 0 aliphatic carbocycles. The number of hydrogen-bond acceptors (Lipinski definition) is 3. The molecule has 0 bridgehead atoms. The highest BCUT2D eigenvalue weighted by molar-refractivity contribution is 5.53. The zero-order valence-electron chi connectivity index (χ0n) is 3.51. The summed E-state index contributed by atoms with van der Waals surface area (Å²) in [6.07, 6.45) is 2.23. The standard InChI is InChI=1S/C3H6N2O/c1-2-5-6-3-4/h2-4H,1H3/b4-3?,5-2-. The van der Waals surface area contributed by atoms with E-state index in [-0.39, 0.29) is 0 Å². The van der Waals surface area contributed by atoms with Gasteiger partial charge in [-0.3, -0.25) is 5.41 Å². The van der Waals surface area contributed by atoms with Crippen molar-refractivity contribution in [3.8, 4) is 0 Å². The molecule has 0 aliphatic rings. The van der Waals surface area contributed by atoms with Crippen molar-refractivity contribution in [1.82, 2.24) is 0 Å². The molecule has 0 aromatic heterocycles. The van der Waals surface area contributed by atoms with Crippen molar-refractivity contribution in [2.75, 3.05) is 0 Å². The van der Waals surface area contributed by atoms with E-state index in [2.05, 4.69) is 9.99 Å². The number of hydrogen-bond donors (Lipinski definition) is 1. The third kappa shape index (κ3) is 3.14. The molecule has 0 unspecified atom stereocenters. The fraction of sp³-hybridized carbons (Fsp3) is 0.333. The maximum absolute atomic E-state index is 6.24. The predicted octanol–water partition coefficient (Wildman–Crippen LogP) is 0.616. The molecule has 0 amide bonds. The summed E-state index contributed by atoms with van der Waals surface area (Å²) in [7, 11) is 0. The summed E-state index contributed by atoms with van der Waals surface area (Å²) in [6.45, 7) is 1.71. The van der Waals surface area contributed by atoms with Gasteiger partial charge in [-0.1, -0.05) is 5.16 Å². The quantitative estimate of drug-likeness (QED) is 0.299. The first-order valence-corrected chi connectivity index (χ1v) is 1.54. The van der Waals surface area contributed by atoms with Crippen LogP contribution in [0.5, 0.6) is 0 Å². The van der Waals surface area contributed by atoms with Crippen molar-refractivity contribution < 1.29 is 4.84 Å². The van der Waals surface area contributed by atoms with E-state index in [0.717, 1.165) is 6.40 Å². The van der Waals surface area contributed by atoms with Crippen LogP contribution < -0.4 is 0 Å². The van der Waals surface area contributed by atoms with Gasteiger partial charge in [-0.05, 0) is 6.92 Å². The van der Waals surface area contributed by atoms with Crippen LogP contribution in [-0.4, -0.2) is 12.6 Å². The van der Waals surface area contributed by atoms with Crippen LogP contribution in [0.4, 0.5) is 0 Å². The first kappa shape index (κ1) is 5.14. The Bertz CT molecular complexity index is 59.8. The maximum Gasteiger partial charge on any atom is 0.204 e. The second-order valence-corrected chi connectivity index (χ2v) is 0.587. The van der Waals surface area contributed by atoms with Gasteiger partial charge < -0.3 is 4.84 Å². The van der Waals surface area contributed by atoms with Gasteiger partial charge in [0.25, 0.3) is 0 Å². The molecule has 0 radical (unpaired) electrons. The van der Waals surface area contributed by atoms with Gasteiger partial charge in [-0.2, -0.15) is 0 Å². The third-order valence-corrected chi connectivity index (χ3v) is 0.219. The van der Waals surface area contributed by atoms with E-state index >= 15 is 0 Å². The molecular formula is C3H6N2O. The number of nitrogens with zero attached hydrogens (tertiary/aromatic N) is 1. The molecule has 0 rings (SSSR count). The van der Waals surface area contributed by atoms with Crippen molar-refractivity contribution in [1.29, 1.82) is 5.41 Å². The smallest absolute Gasteiger partial charge is 0.204 e. The highest BCUT2D eigenvalue weighted by Crippen LogP contribution is 1.60. The van der Waals surface area contributed by atoms with Crippen molar-refractivity contribution in [3.05, 3.63) is 0 Å². The Morgan fingerprint density at radius 2 is 2.50 bits per heavy atom. The van der Waals surface area contributed by atoms with Crippen LogP contribution in [0.2, 0.25) is 0 Å². The minimum Gasteiger partial charge on any atom is -0.346 e. The molecule has 3 nitrogen and oxygen atoms in total. The lowest BCUT2D eigenvalue weighted by atomic mass is 10.9. The summed E-state index contributed by atoms with van der Waals surface area (Å²) in [5.74, 6) is 0. The summed E-state index contributed by atoms with van der Waals surface area (Å²) in [4.78, 5) is 4.09. The average molecular weight is 86.1 g/mol. The fourth-order valence-corrected chi connectivity index (χ4v) is 0.0913. The largest absolute Gasteiger partial charge is 0.346 e. The van der Waals surface area contributed by atoms with Crippen LogP contribution in [0.25, 0.3) is 0 Å². The Balaban J connectivity index is 2.85. The maximum atomic E-state index is 6.24. The minimum atomic E-state index is 0.764. The molecule has 0 spiro atoms. The van der Waals surface area contributed by atoms with Crippen LogP contribution in [0.1, 0.15) is 6.92 Å². The molecule has 34 valence electrons. The van der Waals surface area contributed by atoms with Crippen LogP contribution in [-0.2, 0) is 4.84 Å². The van der Waals surface area contributed by atoms with Gasteiger partial charge >= 0.3 is 0 Å². The fourth-order valence-electron chi connectivity index (χ4n) is 0.0913. The minimum absolute atomic E-state index is 0.764. The van der Waals surface area contributed by atoms with E-state index < -0.39 is 0 Å². The molecule has 0 heterocycles. The monoisotopic (exact) mass is 86.0 g/mol. The molecular weight excluding hydrogens is 80.0 g/mol. The number of oxime groups is 1. The topological polar surface area (TPSA) is 45.4 Å². The zero-order valence-corrected chi connectivity index (χ0v) is 3.51. The molecule has 0 aromatic rings. The van der Waals surface area contributed by atoms with Gasteiger partial charge in [0, 0.05) is 6.21 Å². The Morgan fingerprint density at radius 3 is 2.67 bits per heavy atom. The number of nitrogens with one attached hydrogen (secondary N) is 1. The highest BCUT2D eigenvalue weighted by atomic mass is 16.6. The Kier molecular flexibility index (Phi) is 3.55. The normalized spacial score (nSPS) is 8.83. The summed E-state index contributed by atoms with van der Waals surface area (Å²) >= 11 is 0. The zero-order chi connectivity index (χ0) is 4.83. The van der Waals surface area contributed by atoms with Gasteiger partial charge in [-0.15, -0.1) is 0 Å². The lowest BCUT2D eigenvalue weighted by molar-refractivity contribution is 0.344. The number of rotatable bonds is 2. The Morgan fingerprint density at radius 1 is 1.83 bits per heavy atom. The lowest BCUT2D eigenvalue weighted by Gasteiger charge is -1.76. The van der Waals surface area contributed by atoms with Crippen molar-refractivity contribution in [2.45, 2.75) is 6.92 Å². The van der Waals surface area contributed by atoms with Gasteiger partial charge in [-0.25, -0.2) is 0 Å². The molecule has 0 aromatic carbocycles.